The molecule has 94 valence electrons. The van der Waals surface area contributed by atoms with Gasteiger partial charge in [-0.2, -0.15) is 0 Å². The van der Waals surface area contributed by atoms with Crippen LogP contribution in [0.4, 0.5) is 11.4 Å². The van der Waals surface area contributed by atoms with E-state index in [1.807, 2.05) is 0 Å². The molecule has 0 atom stereocenters. The topological polar surface area (TPSA) is 92.5 Å². The monoisotopic (exact) mass is 248 g/mol. The lowest BCUT2D eigenvalue weighted by Crippen LogP contribution is -2.09. The molecule has 1 rings (SSSR count). The predicted octanol–water partition coefficient (Wildman–Crippen LogP) is 2.37. The van der Waals surface area contributed by atoms with Crippen molar-refractivity contribution in [3.63, 3.8) is 0 Å². The Morgan fingerprint density at radius 1 is 1.44 bits per heavy atom. The van der Waals surface area contributed by atoms with Crippen LogP contribution in [-0.2, 0) is 4.79 Å². The number of phenols is 1. The minimum Gasteiger partial charge on any atom is -0.505 e. The summed E-state index contributed by atoms with van der Waals surface area (Å²) in [6.45, 7) is 1.79. The van der Waals surface area contributed by atoms with Crippen LogP contribution < -0.4 is 5.32 Å². The zero-order valence-corrected chi connectivity index (χ0v) is 9.66. The first-order valence-corrected chi connectivity index (χ1v) is 5.13. The highest BCUT2D eigenvalue weighted by Gasteiger charge is 2.18. The van der Waals surface area contributed by atoms with Crippen LogP contribution in [-0.4, -0.2) is 15.9 Å². The second-order valence-electron chi connectivity index (χ2n) is 3.30. The number of carbonyl (C=O) groups excluding carboxylic acids is 1. The quantitative estimate of drug-likeness (QED) is 0.281. The first kappa shape index (κ1) is 13.4. The number of nitrogens with zero attached hydrogens (tertiary/aromatic N) is 1. The molecule has 2 N–H and O–H groups in total. The van der Waals surface area contributed by atoms with Crippen LogP contribution in [0.25, 0.3) is 0 Å². The van der Waals surface area contributed by atoms with Crippen molar-refractivity contribution < 1.29 is 14.8 Å². The summed E-state index contributed by atoms with van der Waals surface area (Å²) >= 11 is 0. The van der Waals surface area contributed by atoms with Crippen molar-refractivity contribution in [2.45, 2.75) is 6.92 Å². The Bertz CT molecular complexity index is 521. The summed E-state index contributed by atoms with van der Waals surface area (Å²) in [7, 11) is 0. The van der Waals surface area contributed by atoms with E-state index in [9.17, 15) is 20.0 Å². The van der Waals surface area contributed by atoms with Crippen molar-refractivity contribution in [2.75, 3.05) is 5.32 Å². The molecule has 0 saturated heterocycles. The molecule has 1 aromatic rings. The maximum absolute atomic E-state index is 11.4. The number of para-hydroxylation sites is 1. The number of benzene rings is 1. The van der Waals surface area contributed by atoms with Crippen LogP contribution in [0.15, 0.2) is 42.5 Å². The summed E-state index contributed by atoms with van der Waals surface area (Å²) in [6.07, 6.45) is 6.06. The van der Waals surface area contributed by atoms with Crippen LogP contribution in [0.3, 0.4) is 0 Å². The predicted molar refractivity (Wildman–Crippen MR) is 67.3 cm³/mol. The number of hydrogen-bond donors (Lipinski definition) is 2. The Labute approximate surface area is 103 Å². The number of nitro groups is 1. The van der Waals surface area contributed by atoms with Crippen LogP contribution >= 0.6 is 0 Å². The molecular weight excluding hydrogens is 236 g/mol. The molecule has 18 heavy (non-hydrogen) atoms. The number of aromatic hydroxyl groups is 1. The summed E-state index contributed by atoms with van der Waals surface area (Å²) in [4.78, 5) is 21.5. The lowest BCUT2D eigenvalue weighted by molar-refractivity contribution is -0.384. The van der Waals surface area contributed by atoms with Gasteiger partial charge < -0.3 is 10.4 Å². The third-order valence-corrected chi connectivity index (χ3v) is 2.02. The number of allylic oxidation sites excluding steroid dienone is 3. The first-order chi connectivity index (χ1) is 8.56. The molecule has 1 aromatic carbocycles. The standard InChI is InChI=1S/C12H12N2O4/c1-2-3-4-8-11(16)13-12-9(14(17)18)6-5-7-10(12)15/h2-8,15H,1H3,(H,13,16). The van der Waals surface area contributed by atoms with Gasteiger partial charge in [-0.15, -0.1) is 0 Å². The number of phenolic OH excluding ortho intramolecular Hbond substituents is 1. The minimum atomic E-state index is -0.676. The maximum Gasteiger partial charge on any atom is 0.296 e. The number of anilines is 1. The number of amides is 1. The van der Waals surface area contributed by atoms with Gasteiger partial charge >= 0.3 is 0 Å². The normalized spacial score (nSPS) is 10.9. The molecule has 0 aliphatic carbocycles. The smallest absolute Gasteiger partial charge is 0.296 e. The summed E-state index contributed by atoms with van der Waals surface area (Å²) in [5, 5.41) is 22.5. The number of rotatable bonds is 4. The van der Waals surface area contributed by atoms with Crippen LogP contribution in [0.2, 0.25) is 0 Å². The van der Waals surface area contributed by atoms with Gasteiger partial charge in [0.1, 0.15) is 5.75 Å². The molecule has 0 bridgehead atoms. The fraction of sp³-hybridized carbons (Fsp3) is 0.0833. The molecule has 6 heteroatoms. The van der Waals surface area contributed by atoms with Gasteiger partial charge in [-0.25, -0.2) is 0 Å². The molecule has 6 nitrogen and oxygen atoms in total. The van der Waals surface area contributed by atoms with Gasteiger partial charge in [0.05, 0.1) is 4.92 Å². The van der Waals surface area contributed by atoms with Gasteiger partial charge in [-0.05, 0) is 13.0 Å². The number of hydrogen-bond acceptors (Lipinski definition) is 4. The van der Waals surface area contributed by atoms with Crippen LogP contribution in [0, 0.1) is 10.1 Å². The number of carbonyl (C=O) groups is 1. The van der Waals surface area contributed by atoms with E-state index < -0.39 is 10.8 Å². The molecular formula is C12H12N2O4. The van der Waals surface area contributed by atoms with Crippen LogP contribution in [0.5, 0.6) is 5.75 Å². The highest BCUT2D eigenvalue weighted by Crippen LogP contribution is 2.32. The van der Waals surface area contributed by atoms with E-state index in [2.05, 4.69) is 5.32 Å². The minimum absolute atomic E-state index is 0.211. The molecule has 0 unspecified atom stereocenters. The zero-order chi connectivity index (χ0) is 13.5. The molecule has 1 amide bonds. The van der Waals surface area contributed by atoms with Crippen molar-refractivity contribution in [3.8, 4) is 5.75 Å². The lowest BCUT2D eigenvalue weighted by Gasteiger charge is -2.05. The van der Waals surface area contributed by atoms with Crippen molar-refractivity contribution in [2.24, 2.45) is 0 Å². The van der Waals surface area contributed by atoms with Gasteiger partial charge in [0.25, 0.3) is 5.69 Å². The highest BCUT2D eigenvalue weighted by molar-refractivity contribution is 6.02. The number of nitrogens with one attached hydrogen (secondary N) is 1. The summed E-state index contributed by atoms with van der Waals surface area (Å²) in [5.41, 5.74) is -0.569. The second kappa shape index (κ2) is 6.19. The van der Waals surface area contributed by atoms with Gasteiger partial charge in [-0.3, -0.25) is 14.9 Å². The maximum atomic E-state index is 11.4. The SMILES string of the molecule is CC=CC=CC(=O)Nc1c(O)cccc1[N+](=O)[O-]. The Kier molecular flexibility index (Phi) is 4.62. The molecule has 0 aliphatic rings. The third-order valence-electron chi connectivity index (χ3n) is 2.02. The molecule has 0 heterocycles. The third kappa shape index (κ3) is 3.44. The molecule has 0 aliphatic heterocycles. The second-order valence-corrected chi connectivity index (χ2v) is 3.30. The highest BCUT2D eigenvalue weighted by atomic mass is 16.6. The Balaban J connectivity index is 2.96. The van der Waals surface area contributed by atoms with Crippen molar-refractivity contribution in [1.29, 1.82) is 0 Å². The number of nitro benzene ring substituents is 1. The van der Waals surface area contributed by atoms with Crippen molar-refractivity contribution in [1.82, 2.24) is 0 Å². The molecule has 0 fully saturated rings. The van der Waals surface area contributed by atoms with E-state index in [0.29, 0.717) is 0 Å². The Morgan fingerprint density at radius 2 is 2.17 bits per heavy atom. The van der Waals surface area contributed by atoms with Crippen LogP contribution in [0.1, 0.15) is 6.92 Å². The van der Waals surface area contributed by atoms with E-state index in [0.717, 1.165) is 0 Å². The molecule has 0 radical (unpaired) electrons. The molecule has 0 spiro atoms. The Hall–Kier alpha value is -2.63. The summed E-state index contributed by atoms with van der Waals surface area (Å²) in [5.74, 6) is -0.908. The average Bonchev–Trinajstić information content (AvgIpc) is 2.31. The van der Waals surface area contributed by atoms with Gasteiger partial charge in [-0.1, -0.05) is 24.3 Å². The fourth-order valence-electron chi connectivity index (χ4n) is 1.23. The first-order valence-electron chi connectivity index (χ1n) is 5.13. The van der Waals surface area contributed by atoms with Gasteiger partial charge in [0.15, 0.2) is 5.69 Å². The van der Waals surface area contributed by atoms with E-state index in [4.69, 9.17) is 0 Å². The van der Waals surface area contributed by atoms with Gasteiger partial charge in [0.2, 0.25) is 5.91 Å². The Morgan fingerprint density at radius 3 is 2.78 bits per heavy atom. The van der Waals surface area contributed by atoms with E-state index >= 15 is 0 Å². The summed E-state index contributed by atoms with van der Waals surface area (Å²) < 4.78 is 0. The van der Waals surface area contributed by atoms with E-state index in [-0.39, 0.29) is 17.1 Å². The van der Waals surface area contributed by atoms with Crippen molar-refractivity contribution >= 4 is 17.3 Å². The van der Waals surface area contributed by atoms with Gasteiger partial charge in [0, 0.05) is 12.1 Å². The average molecular weight is 248 g/mol. The van der Waals surface area contributed by atoms with E-state index in [1.54, 1.807) is 19.1 Å². The molecule has 0 aromatic heterocycles. The van der Waals surface area contributed by atoms with Crippen molar-refractivity contribution in [3.05, 3.63) is 52.6 Å². The zero-order valence-electron chi connectivity index (χ0n) is 9.66. The summed E-state index contributed by atoms with van der Waals surface area (Å²) in [6, 6.07) is 3.79. The fourth-order valence-corrected chi connectivity index (χ4v) is 1.23. The van der Waals surface area contributed by atoms with E-state index in [1.165, 1.54) is 30.4 Å². The molecule has 0 saturated carbocycles. The lowest BCUT2D eigenvalue weighted by atomic mass is 10.2. The largest absolute Gasteiger partial charge is 0.505 e.